The first-order valence-electron chi connectivity index (χ1n) is 14.8. The van der Waals surface area contributed by atoms with Gasteiger partial charge in [0.2, 0.25) is 11.8 Å². The maximum atomic E-state index is 13.9. The molecule has 234 valence electrons. The second-order valence-electron chi connectivity index (χ2n) is 11.0. The van der Waals surface area contributed by atoms with Crippen molar-refractivity contribution in [2.45, 2.75) is 71.4 Å². The van der Waals surface area contributed by atoms with Crippen LogP contribution in [0, 0.1) is 5.92 Å². The molecular weight excluding hydrogens is 554 g/mol. The van der Waals surface area contributed by atoms with Crippen molar-refractivity contribution in [2.24, 2.45) is 13.0 Å². The van der Waals surface area contributed by atoms with Crippen molar-refractivity contribution in [1.82, 2.24) is 25.2 Å². The van der Waals surface area contributed by atoms with Crippen LogP contribution in [0.25, 0.3) is 11.3 Å². The molecule has 0 bridgehead atoms. The van der Waals surface area contributed by atoms with Gasteiger partial charge in [-0.15, -0.1) is 0 Å². The van der Waals surface area contributed by atoms with Crippen molar-refractivity contribution in [3.8, 4) is 17.1 Å². The van der Waals surface area contributed by atoms with Gasteiger partial charge in [-0.25, -0.2) is 0 Å². The number of rotatable bonds is 14. The lowest BCUT2D eigenvalue weighted by Crippen LogP contribution is -2.48. The third-order valence-corrected chi connectivity index (χ3v) is 7.57. The molecule has 0 aliphatic carbocycles. The fourth-order valence-electron chi connectivity index (χ4n) is 5.37. The van der Waals surface area contributed by atoms with Gasteiger partial charge in [-0.05, 0) is 49.0 Å². The number of amides is 2. The molecule has 4 rings (SSSR count). The van der Waals surface area contributed by atoms with Gasteiger partial charge >= 0.3 is 0 Å². The van der Waals surface area contributed by atoms with Crippen LogP contribution in [-0.2, 0) is 26.1 Å². The minimum atomic E-state index is -0.822. The summed E-state index contributed by atoms with van der Waals surface area (Å²) < 4.78 is 24.0. The molecule has 0 radical (unpaired) electrons. The molecular formula is C31H43N5O7. The molecule has 12 heteroatoms. The first kappa shape index (κ1) is 32.2. The number of nitrogens with one attached hydrogen (secondary N) is 1. The van der Waals surface area contributed by atoms with E-state index in [0.717, 1.165) is 16.8 Å². The van der Waals surface area contributed by atoms with Gasteiger partial charge in [-0.3, -0.25) is 14.3 Å². The summed E-state index contributed by atoms with van der Waals surface area (Å²) in [6, 6.07) is 10.3. The quantitative estimate of drug-likeness (QED) is 0.267. The fraction of sp³-hybridized carbons (Fsp3) is 0.548. The largest absolute Gasteiger partial charge is 0.470 e. The number of carbonyl (C=O) groups excluding carboxylic acids is 2. The highest BCUT2D eigenvalue weighted by molar-refractivity contribution is 5.91. The zero-order chi connectivity index (χ0) is 31.1. The summed E-state index contributed by atoms with van der Waals surface area (Å²) >= 11 is 0. The van der Waals surface area contributed by atoms with E-state index in [1.165, 1.54) is 4.90 Å². The number of β-amino-alcohol motifs (C(OH)–C–C–N with tert-alkyl or cyclic N) is 1. The Bertz CT molecular complexity index is 1330. The molecule has 2 N–H and O–H groups in total. The van der Waals surface area contributed by atoms with E-state index in [4.69, 9.17) is 18.7 Å². The van der Waals surface area contributed by atoms with E-state index in [-0.39, 0.29) is 49.2 Å². The van der Waals surface area contributed by atoms with Crippen LogP contribution in [0.3, 0.4) is 0 Å². The van der Waals surface area contributed by atoms with E-state index in [1.807, 2.05) is 72.0 Å². The van der Waals surface area contributed by atoms with Gasteiger partial charge in [0.1, 0.15) is 18.6 Å². The number of likely N-dealkylation sites (tertiary alicyclic amines) is 1. The van der Waals surface area contributed by atoms with Crippen LogP contribution in [0.1, 0.15) is 64.3 Å². The molecule has 1 fully saturated rings. The monoisotopic (exact) mass is 597 g/mol. The molecule has 3 aromatic rings. The van der Waals surface area contributed by atoms with Crippen molar-refractivity contribution in [1.29, 1.82) is 0 Å². The molecule has 1 saturated heterocycles. The molecule has 4 atom stereocenters. The van der Waals surface area contributed by atoms with Crippen molar-refractivity contribution < 1.29 is 33.4 Å². The molecule has 12 nitrogen and oxygen atoms in total. The average Bonchev–Trinajstić information content (AvgIpc) is 3.72. The first-order valence-corrected chi connectivity index (χ1v) is 14.8. The van der Waals surface area contributed by atoms with Crippen LogP contribution >= 0.6 is 0 Å². The van der Waals surface area contributed by atoms with Gasteiger partial charge in [0.15, 0.2) is 12.1 Å². The van der Waals surface area contributed by atoms with Gasteiger partial charge in [-0.2, -0.15) is 5.10 Å². The van der Waals surface area contributed by atoms with Gasteiger partial charge < -0.3 is 34.1 Å². The molecule has 2 amide bonds. The second kappa shape index (κ2) is 14.6. The van der Waals surface area contributed by atoms with Gasteiger partial charge in [0.05, 0.1) is 17.8 Å². The Morgan fingerprint density at radius 2 is 1.81 bits per heavy atom. The number of hydrogen-bond acceptors (Lipinski definition) is 9. The molecule has 1 aromatic carbocycles. The molecule has 1 aliphatic heterocycles. The maximum absolute atomic E-state index is 13.9. The van der Waals surface area contributed by atoms with E-state index in [1.54, 1.807) is 16.9 Å². The third kappa shape index (κ3) is 7.81. The Labute approximate surface area is 252 Å². The molecule has 1 aliphatic rings. The fourth-order valence-corrected chi connectivity index (χ4v) is 5.37. The Morgan fingerprint density at radius 1 is 1.12 bits per heavy atom. The number of aromatic nitrogens is 3. The highest BCUT2D eigenvalue weighted by atomic mass is 16.7. The van der Waals surface area contributed by atoms with Crippen LogP contribution in [0.5, 0.6) is 5.88 Å². The van der Waals surface area contributed by atoms with Crippen molar-refractivity contribution >= 4 is 11.8 Å². The zero-order valence-electron chi connectivity index (χ0n) is 25.7. The zero-order valence-corrected chi connectivity index (χ0v) is 25.7. The number of aliphatic hydroxyl groups excluding tert-OH is 1. The number of hydrogen-bond donors (Lipinski definition) is 2. The summed E-state index contributed by atoms with van der Waals surface area (Å²) in [5.41, 5.74) is 2.92. The molecule has 2 aromatic heterocycles. The van der Waals surface area contributed by atoms with Crippen LogP contribution < -0.4 is 10.1 Å². The van der Waals surface area contributed by atoms with E-state index in [2.05, 4.69) is 15.6 Å². The highest BCUT2D eigenvalue weighted by Gasteiger charge is 2.43. The summed E-state index contributed by atoms with van der Waals surface area (Å²) in [5.74, 6) is -1.01. The van der Waals surface area contributed by atoms with Crippen molar-refractivity contribution in [3.63, 3.8) is 0 Å². The second-order valence-corrected chi connectivity index (χ2v) is 11.0. The molecule has 43 heavy (non-hydrogen) atoms. The minimum Gasteiger partial charge on any atom is -0.470 e. The van der Waals surface area contributed by atoms with E-state index >= 15 is 0 Å². The van der Waals surface area contributed by atoms with E-state index in [9.17, 15) is 14.7 Å². The van der Waals surface area contributed by atoms with E-state index in [0.29, 0.717) is 19.0 Å². The van der Waals surface area contributed by atoms with Gasteiger partial charge in [0, 0.05) is 45.5 Å². The number of ether oxygens (including phenoxy) is 3. The molecule has 0 spiro atoms. The van der Waals surface area contributed by atoms with Crippen LogP contribution in [-0.4, -0.2) is 81.6 Å². The lowest BCUT2D eigenvalue weighted by atomic mass is 9.91. The first-order chi connectivity index (χ1) is 20.6. The summed E-state index contributed by atoms with van der Waals surface area (Å²) in [7, 11) is 1.89. The van der Waals surface area contributed by atoms with Crippen LogP contribution in [0.4, 0.5) is 0 Å². The lowest BCUT2D eigenvalue weighted by molar-refractivity contribution is -0.153. The predicted octanol–water partition coefficient (Wildman–Crippen LogP) is 3.43. The normalized spacial score (nSPS) is 18.3. The number of aliphatic hydroxyl groups is 1. The standard InChI is InChI=1S/C31H43N5O7/c1-7-40-28(41-8-2)18-42-27-16-26(43-34-27)29(19(3)4)31(39)36-17-23(37)15-25(36)30(38)33-20(5)21-9-11-22(12-10-21)24-13-14-32-35(24)6/h9-14,16,19-20,23,25,28-29,37H,7-8,15,17-18H2,1-6H3,(H,33,38)/t20-,23+,25-,29+/m0/s1. The number of benzene rings is 1. The molecule has 0 saturated carbocycles. The Hall–Kier alpha value is -3.74. The average molecular weight is 598 g/mol. The predicted molar refractivity (Wildman–Crippen MR) is 158 cm³/mol. The van der Waals surface area contributed by atoms with Gasteiger partial charge in [0.25, 0.3) is 5.88 Å². The third-order valence-electron chi connectivity index (χ3n) is 7.57. The van der Waals surface area contributed by atoms with Gasteiger partial charge in [-0.1, -0.05) is 38.1 Å². The molecule has 3 heterocycles. The van der Waals surface area contributed by atoms with Crippen molar-refractivity contribution in [3.05, 3.63) is 53.9 Å². The maximum Gasteiger partial charge on any atom is 0.254 e. The topological polar surface area (TPSA) is 141 Å². The lowest BCUT2D eigenvalue weighted by Gasteiger charge is -2.29. The number of aryl methyl sites for hydroxylation is 1. The van der Waals surface area contributed by atoms with Crippen molar-refractivity contribution in [2.75, 3.05) is 26.4 Å². The summed E-state index contributed by atoms with van der Waals surface area (Å²) in [6.45, 7) is 10.5. The smallest absolute Gasteiger partial charge is 0.254 e. The van der Waals surface area contributed by atoms with Crippen LogP contribution in [0.2, 0.25) is 0 Å². The Balaban J connectivity index is 1.43. The summed E-state index contributed by atoms with van der Waals surface area (Å²) in [5, 5.41) is 21.7. The summed E-state index contributed by atoms with van der Waals surface area (Å²) in [4.78, 5) is 28.8. The number of carbonyl (C=O) groups is 2. The summed E-state index contributed by atoms with van der Waals surface area (Å²) in [6.07, 6.45) is 0.527. The number of nitrogens with zero attached hydrogens (tertiary/aromatic N) is 4. The minimum absolute atomic E-state index is 0.0514. The SMILES string of the molecule is CCOC(COc1cc([C@H](C(=O)N2C[C@H](O)C[C@H]2C(=O)N[C@@H](C)c2ccc(-c3ccnn3C)cc2)C(C)C)on1)OCC. The van der Waals surface area contributed by atoms with E-state index < -0.39 is 24.4 Å². The molecule has 0 unspecified atom stereocenters. The Morgan fingerprint density at radius 3 is 2.42 bits per heavy atom. The highest BCUT2D eigenvalue weighted by Crippen LogP contribution is 2.33. The Kier molecular flexibility index (Phi) is 10.9. The van der Waals surface area contributed by atoms with Crippen LogP contribution in [0.15, 0.2) is 47.1 Å².